The number of halogens is 1. The number of hydrogen-bond acceptors (Lipinski definition) is 5. The molecular weight excluding hydrogens is 260 g/mol. The van der Waals surface area contributed by atoms with E-state index in [1.54, 1.807) is 18.8 Å². The molecule has 0 radical (unpaired) electrons. The summed E-state index contributed by atoms with van der Waals surface area (Å²) in [7, 11) is 3.60. The molecule has 15 heavy (non-hydrogen) atoms. The molecule has 0 aliphatic rings. The summed E-state index contributed by atoms with van der Waals surface area (Å²) in [6.45, 7) is 0. The molecule has 2 aromatic heterocycles. The van der Waals surface area contributed by atoms with Crippen LogP contribution < -0.4 is 5.32 Å². The van der Waals surface area contributed by atoms with E-state index in [1.165, 1.54) is 0 Å². The monoisotopic (exact) mass is 268 g/mol. The molecule has 0 spiro atoms. The molecule has 0 bridgehead atoms. The number of nitrogens with one attached hydrogen (secondary N) is 1. The lowest BCUT2D eigenvalue weighted by molar-refractivity contribution is 0.717. The van der Waals surface area contributed by atoms with Crippen LogP contribution in [0, 0.1) is 0 Å². The van der Waals surface area contributed by atoms with Gasteiger partial charge < -0.3 is 5.32 Å². The summed E-state index contributed by atoms with van der Waals surface area (Å²) in [5, 5.41) is 18.7. The van der Waals surface area contributed by atoms with E-state index in [2.05, 4.69) is 41.8 Å². The predicted octanol–water partition coefficient (Wildman–Crippen LogP) is 1.08. The summed E-state index contributed by atoms with van der Waals surface area (Å²) in [5.74, 6) is 0.727. The average molecular weight is 269 g/mol. The summed E-state index contributed by atoms with van der Waals surface area (Å²) in [4.78, 5) is 0. The Kier molecular flexibility index (Phi) is 2.63. The van der Waals surface area contributed by atoms with Crippen molar-refractivity contribution in [3.8, 4) is 11.4 Å². The first kappa shape index (κ1) is 10.0. The zero-order chi connectivity index (χ0) is 10.8. The van der Waals surface area contributed by atoms with Crippen LogP contribution in [0.1, 0.15) is 0 Å². The first-order chi connectivity index (χ1) is 7.22. The van der Waals surface area contributed by atoms with Crippen molar-refractivity contribution in [1.29, 1.82) is 0 Å². The van der Waals surface area contributed by atoms with Crippen LogP contribution in [-0.4, -0.2) is 32.2 Å². The van der Waals surface area contributed by atoms with Crippen LogP contribution in [0.5, 0.6) is 0 Å². The molecule has 0 fully saturated rings. The molecule has 2 heterocycles. The van der Waals surface area contributed by atoms with Gasteiger partial charge in [0.1, 0.15) is 17.2 Å². The quantitative estimate of drug-likeness (QED) is 0.883. The Balaban J connectivity index is 2.45. The molecule has 0 aromatic carbocycles. The van der Waals surface area contributed by atoms with Crippen LogP contribution in [0.2, 0.25) is 0 Å². The minimum Gasteiger partial charge on any atom is -0.372 e. The van der Waals surface area contributed by atoms with Gasteiger partial charge in [-0.2, -0.15) is 0 Å². The Morgan fingerprint density at radius 3 is 2.53 bits per heavy atom. The van der Waals surface area contributed by atoms with Crippen LogP contribution in [0.15, 0.2) is 16.7 Å². The molecule has 2 aromatic rings. The lowest BCUT2D eigenvalue weighted by Gasteiger charge is -2.01. The smallest absolute Gasteiger partial charge is 0.158 e. The number of anilines is 1. The number of rotatable bonds is 2. The summed E-state index contributed by atoms with van der Waals surface area (Å²) < 4.78 is 2.31. The highest BCUT2D eigenvalue weighted by molar-refractivity contribution is 9.10. The van der Waals surface area contributed by atoms with E-state index in [-0.39, 0.29) is 0 Å². The topological polar surface area (TPSA) is 68.5 Å². The summed E-state index contributed by atoms with van der Waals surface area (Å²) >= 11 is 3.31. The first-order valence-electron chi connectivity index (χ1n) is 4.29. The fourth-order valence-electron chi connectivity index (χ4n) is 1.20. The fourth-order valence-corrected chi connectivity index (χ4v) is 1.73. The van der Waals surface area contributed by atoms with Gasteiger partial charge in [0.15, 0.2) is 4.60 Å². The maximum atomic E-state index is 4.07. The second kappa shape index (κ2) is 3.93. The van der Waals surface area contributed by atoms with Crippen molar-refractivity contribution >= 4 is 21.7 Å². The Bertz CT molecular complexity index is 443. The van der Waals surface area contributed by atoms with E-state index in [0.29, 0.717) is 4.60 Å². The van der Waals surface area contributed by atoms with Gasteiger partial charge in [-0.3, -0.25) is 0 Å². The van der Waals surface area contributed by atoms with Gasteiger partial charge in [-0.25, -0.2) is 4.68 Å². The van der Waals surface area contributed by atoms with Crippen LogP contribution in [0.25, 0.3) is 11.4 Å². The van der Waals surface area contributed by atoms with Crippen LogP contribution in [0.4, 0.5) is 5.82 Å². The SMILES string of the molecule is CNc1ccc(-c2c(Br)nnn2C)nn1. The standard InChI is InChI=1S/C8H9BrN6/c1-10-6-4-3-5(11-12-6)7-8(9)13-14-15(7)2/h3-4H,1-2H3,(H,10,12). The molecular formula is C8H9BrN6. The summed E-state index contributed by atoms with van der Waals surface area (Å²) in [6, 6.07) is 3.71. The maximum Gasteiger partial charge on any atom is 0.158 e. The Morgan fingerprint density at radius 2 is 2.07 bits per heavy atom. The van der Waals surface area contributed by atoms with E-state index in [0.717, 1.165) is 17.2 Å². The highest BCUT2D eigenvalue weighted by Gasteiger charge is 2.11. The Labute approximate surface area is 94.8 Å². The largest absolute Gasteiger partial charge is 0.372 e. The molecule has 6 nitrogen and oxygen atoms in total. The van der Waals surface area contributed by atoms with Crippen LogP contribution in [0.3, 0.4) is 0 Å². The van der Waals surface area contributed by atoms with Gasteiger partial charge in [-0.15, -0.1) is 15.3 Å². The van der Waals surface area contributed by atoms with Crippen LogP contribution >= 0.6 is 15.9 Å². The minimum atomic E-state index is 0.663. The first-order valence-corrected chi connectivity index (χ1v) is 5.08. The lowest BCUT2D eigenvalue weighted by atomic mass is 10.3. The number of aromatic nitrogens is 5. The van der Waals surface area contributed by atoms with Crippen molar-refractivity contribution in [3.05, 3.63) is 16.7 Å². The fraction of sp³-hybridized carbons (Fsp3) is 0.250. The van der Waals surface area contributed by atoms with Gasteiger partial charge in [-0.1, -0.05) is 5.21 Å². The minimum absolute atomic E-state index is 0.663. The summed E-state index contributed by atoms with van der Waals surface area (Å²) in [6.07, 6.45) is 0. The highest BCUT2D eigenvalue weighted by Crippen LogP contribution is 2.23. The van der Waals surface area contributed by atoms with E-state index in [1.807, 2.05) is 12.1 Å². The molecule has 0 atom stereocenters. The third-order valence-corrected chi connectivity index (χ3v) is 2.48. The predicted molar refractivity (Wildman–Crippen MR) is 59.3 cm³/mol. The van der Waals surface area contributed by atoms with Gasteiger partial charge in [0.2, 0.25) is 0 Å². The van der Waals surface area contributed by atoms with Crippen molar-refractivity contribution in [2.75, 3.05) is 12.4 Å². The maximum absolute atomic E-state index is 4.07. The third kappa shape index (κ3) is 1.82. The highest BCUT2D eigenvalue weighted by atomic mass is 79.9. The van der Waals surface area contributed by atoms with Crippen molar-refractivity contribution in [1.82, 2.24) is 25.2 Å². The number of aryl methyl sites for hydroxylation is 1. The second-order valence-corrected chi connectivity index (χ2v) is 3.66. The molecule has 0 unspecified atom stereocenters. The molecule has 0 saturated heterocycles. The van der Waals surface area contributed by atoms with Crippen molar-refractivity contribution in [2.45, 2.75) is 0 Å². The molecule has 0 saturated carbocycles. The second-order valence-electron chi connectivity index (χ2n) is 2.91. The molecule has 78 valence electrons. The number of nitrogens with zero attached hydrogens (tertiary/aromatic N) is 5. The van der Waals surface area contributed by atoms with Crippen molar-refractivity contribution in [2.24, 2.45) is 7.05 Å². The van der Waals surface area contributed by atoms with E-state index in [9.17, 15) is 0 Å². The molecule has 7 heteroatoms. The molecule has 0 aliphatic carbocycles. The van der Waals surface area contributed by atoms with E-state index < -0.39 is 0 Å². The van der Waals surface area contributed by atoms with E-state index in [4.69, 9.17) is 0 Å². The van der Waals surface area contributed by atoms with Crippen molar-refractivity contribution in [3.63, 3.8) is 0 Å². The molecule has 0 aliphatic heterocycles. The molecule has 2 rings (SSSR count). The normalized spacial score (nSPS) is 10.3. The zero-order valence-corrected chi connectivity index (χ0v) is 9.85. The van der Waals surface area contributed by atoms with Gasteiger partial charge in [-0.05, 0) is 28.1 Å². The van der Waals surface area contributed by atoms with Gasteiger partial charge in [0.25, 0.3) is 0 Å². The van der Waals surface area contributed by atoms with Crippen LogP contribution in [-0.2, 0) is 7.05 Å². The Morgan fingerprint density at radius 1 is 1.27 bits per heavy atom. The van der Waals surface area contributed by atoms with Gasteiger partial charge in [0.05, 0.1) is 0 Å². The average Bonchev–Trinajstić information content (AvgIpc) is 2.59. The molecule has 1 N–H and O–H groups in total. The van der Waals surface area contributed by atoms with E-state index >= 15 is 0 Å². The lowest BCUT2D eigenvalue weighted by Crippen LogP contribution is -1.99. The zero-order valence-electron chi connectivity index (χ0n) is 8.27. The Hall–Kier alpha value is -1.50. The third-order valence-electron chi connectivity index (χ3n) is 1.95. The van der Waals surface area contributed by atoms with Gasteiger partial charge in [0, 0.05) is 14.1 Å². The summed E-state index contributed by atoms with van der Waals surface area (Å²) in [5.41, 5.74) is 1.54. The van der Waals surface area contributed by atoms with Gasteiger partial charge >= 0.3 is 0 Å². The number of hydrogen-bond donors (Lipinski definition) is 1. The van der Waals surface area contributed by atoms with Crippen molar-refractivity contribution < 1.29 is 0 Å². The molecule has 0 amide bonds.